The predicted octanol–water partition coefficient (Wildman–Crippen LogP) is 5.17. The summed E-state index contributed by atoms with van der Waals surface area (Å²) in [6, 6.07) is 15.1. The molecule has 0 bridgehead atoms. The lowest BCUT2D eigenvalue weighted by atomic mass is 9.99. The zero-order valence-electron chi connectivity index (χ0n) is 19.8. The van der Waals surface area contributed by atoms with E-state index >= 15 is 0 Å². The van der Waals surface area contributed by atoms with Crippen LogP contribution >= 0.6 is 0 Å². The van der Waals surface area contributed by atoms with Crippen LogP contribution in [0.25, 0.3) is 5.76 Å². The van der Waals surface area contributed by atoms with E-state index in [1.165, 1.54) is 23.3 Å². The van der Waals surface area contributed by atoms with Crippen LogP contribution in [0, 0.1) is 0 Å². The van der Waals surface area contributed by atoms with Crippen LogP contribution in [0.5, 0.6) is 5.75 Å². The minimum absolute atomic E-state index is 0.0250. The first-order valence-corrected chi connectivity index (χ1v) is 11.8. The lowest BCUT2D eigenvalue weighted by Crippen LogP contribution is -2.29. The average molecular weight is 490 g/mol. The van der Waals surface area contributed by atoms with Gasteiger partial charge in [0.15, 0.2) is 0 Å². The Bertz CT molecular complexity index is 1260. The van der Waals surface area contributed by atoms with Crippen molar-refractivity contribution in [2.75, 3.05) is 6.61 Å². The molecule has 1 aliphatic rings. The van der Waals surface area contributed by atoms with Gasteiger partial charge >= 0.3 is 5.97 Å². The molecule has 186 valence electrons. The number of rotatable bonds is 10. The molecule has 1 atom stereocenters. The van der Waals surface area contributed by atoms with Crippen LogP contribution in [0.2, 0.25) is 0 Å². The Balaban J connectivity index is 1.64. The Kier molecular flexibility index (Phi) is 7.53. The molecule has 3 aromatic rings. The fourth-order valence-corrected chi connectivity index (χ4v) is 4.14. The van der Waals surface area contributed by atoms with Crippen molar-refractivity contribution < 1.29 is 33.8 Å². The molecule has 36 heavy (non-hydrogen) atoms. The number of furan rings is 1. The molecule has 2 heterocycles. The Hall–Kier alpha value is -4.33. The van der Waals surface area contributed by atoms with Gasteiger partial charge < -0.3 is 24.3 Å². The van der Waals surface area contributed by atoms with Gasteiger partial charge in [-0.05, 0) is 60.5 Å². The van der Waals surface area contributed by atoms with Crippen molar-refractivity contribution in [2.45, 2.75) is 38.8 Å². The van der Waals surface area contributed by atoms with Crippen LogP contribution in [0.3, 0.4) is 0 Å². The van der Waals surface area contributed by atoms with E-state index in [-0.39, 0.29) is 23.4 Å². The highest BCUT2D eigenvalue weighted by Gasteiger charge is 2.47. The van der Waals surface area contributed by atoms with Gasteiger partial charge in [0.05, 0.1) is 24.0 Å². The summed E-state index contributed by atoms with van der Waals surface area (Å²) in [6.45, 7) is 2.74. The van der Waals surface area contributed by atoms with E-state index in [1.54, 1.807) is 48.5 Å². The van der Waals surface area contributed by atoms with Crippen molar-refractivity contribution in [1.29, 1.82) is 0 Å². The number of Topliss-reactive ketones (excluding diaryl/α,β-unsaturated/α-hetero) is 1. The standard InChI is InChI=1S/C28H27NO7/c1-2-3-4-15-35-21-13-11-19(12-14-21)25(30)23-24(22-6-5-16-36-22)29(27(32)26(23)31)17-18-7-9-20(10-8-18)28(33)34/h5-14,16,24,30H,2-4,15,17H2,1H3,(H,33,34)/b25-23-. The lowest BCUT2D eigenvalue weighted by Gasteiger charge is -2.23. The van der Waals surface area contributed by atoms with Crippen LogP contribution in [-0.2, 0) is 16.1 Å². The maximum atomic E-state index is 13.1. The number of amides is 1. The number of carbonyl (C=O) groups excluding carboxylic acids is 2. The Labute approximate surface area is 208 Å². The number of aliphatic hydroxyl groups is 1. The van der Waals surface area contributed by atoms with Gasteiger partial charge in [0.2, 0.25) is 0 Å². The average Bonchev–Trinajstić information content (AvgIpc) is 3.50. The van der Waals surface area contributed by atoms with Crippen molar-refractivity contribution in [3.63, 3.8) is 0 Å². The smallest absolute Gasteiger partial charge is 0.335 e. The number of ether oxygens (including phenoxy) is 1. The number of carboxylic acid groups (broad SMARTS) is 1. The molecule has 1 aliphatic heterocycles. The number of unbranched alkanes of at least 4 members (excludes halogenated alkanes) is 2. The number of carboxylic acids is 1. The number of ketones is 1. The number of nitrogens with zero attached hydrogens (tertiary/aromatic N) is 1. The molecule has 1 saturated heterocycles. The van der Waals surface area contributed by atoms with E-state index in [9.17, 15) is 19.5 Å². The zero-order chi connectivity index (χ0) is 25.7. The largest absolute Gasteiger partial charge is 0.507 e. The lowest BCUT2D eigenvalue weighted by molar-refractivity contribution is -0.140. The second-order valence-corrected chi connectivity index (χ2v) is 8.52. The number of aliphatic hydroxyl groups excluding tert-OH is 1. The molecule has 0 radical (unpaired) electrons. The molecule has 1 unspecified atom stereocenters. The summed E-state index contributed by atoms with van der Waals surface area (Å²) in [6.07, 6.45) is 4.55. The first kappa shape index (κ1) is 24.8. The Morgan fingerprint density at radius 3 is 2.28 bits per heavy atom. The number of hydrogen-bond donors (Lipinski definition) is 2. The maximum absolute atomic E-state index is 13.1. The van der Waals surface area contributed by atoms with E-state index in [4.69, 9.17) is 14.3 Å². The highest BCUT2D eigenvalue weighted by molar-refractivity contribution is 6.46. The predicted molar refractivity (Wildman–Crippen MR) is 131 cm³/mol. The molecular formula is C28H27NO7. The van der Waals surface area contributed by atoms with Crippen LogP contribution in [-0.4, -0.2) is 39.4 Å². The SMILES string of the molecule is CCCCCOc1ccc(/C(O)=C2/C(=O)C(=O)N(Cc3ccc(C(=O)O)cc3)C2c2ccco2)cc1. The van der Waals surface area contributed by atoms with Gasteiger partial charge in [-0.15, -0.1) is 0 Å². The molecule has 1 fully saturated rings. The summed E-state index contributed by atoms with van der Waals surface area (Å²) < 4.78 is 11.3. The van der Waals surface area contributed by atoms with E-state index < -0.39 is 23.7 Å². The molecule has 1 amide bonds. The van der Waals surface area contributed by atoms with E-state index in [2.05, 4.69) is 6.92 Å². The molecule has 1 aromatic heterocycles. The second-order valence-electron chi connectivity index (χ2n) is 8.52. The third-order valence-electron chi connectivity index (χ3n) is 6.05. The fourth-order valence-electron chi connectivity index (χ4n) is 4.14. The molecule has 2 aromatic carbocycles. The van der Waals surface area contributed by atoms with Gasteiger partial charge in [-0.25, -0.2) is 4.79 Å². The van der Waals surface area contributed by atoms with Gasteiger partial charge in [-0.3, -0.25) is 9.59 Å². The van der Waals surface area contributed by atoms with E-state index in [0.717, 1.165) is 19.3 Å². The summed E-state index contributed by atoms with van der Waals surface area (Å²) in [5.41, 5.74) is 1.04. The van der Waals surface area contributed by atoms with Crippen molar-refractivity contribution in [2.24, 2.45) is 0 Å². The molecule has 0 aliphatic carbocycles. The van der Waals surface area contributed by atoms with Gasteiger partial charge in [0.25, 0.3) is 11.7 Å². The summed E-state index contributed by atoms with van der Waals surface area (Å²) in [4.78, 5) is 38.6. The number of likely N-dealkylation sites (tertiary alicyclic amines) is 1. The molecule has 4 rings (SSSR count). The normalized spacial score (nSPS) is 16.9. The van der Waals surface area contributed by atoms with Gasteiger partial charge in [-0.1, -0.05) is 31.9 Å². The first-order valence-electron chi connectivity index (χ1n) is 11.8. The van der Waals surface area contributed by atoms with E-state index in [0.29, 0.717) is 29.2 Å². The minimum atomic E-state index is -1.06. The zero-order valence-corrected chi connectivity index (χ0v) is 19.8. The quantitative estimate of drug-likeness (QED) is 0.175. The van der Waals surface area contributed by atoms with Gasteiger partial charge in [0, 0.05) is 12.1 Å². The maximum Gasteiger partial charge on any atom is 0.335 e. The van der Waals surface area contributed by atoms with Gasteiger partial charge in [-0.2, -0.15) is 0 Å². The summed E-state index contributed by atoms with van der Waals surface area (Å²) in [5, 5.41) is 20.3. The van der Waals surface area contributed by atoms with Gasteiger partial charge in [0.1, 0.15) is 23.3 Å². The van der Waals surface area contributed by atoms with Crippen LogP contribution in [0.15, 0.2) is 76.9 Å². The number of benzene rings is 2. The van der Waals surface area contributed by atoms with Crippen LogP contribution in [0.1, 0.15) is 59.5 Å². The Morgan fingerprint density at radius 1 is 0.972 bits per heavy atom. The molecule has 0 spiro atoms. The van der Waals surface area contributed by atoms with Crippen molar-refractivity contribution >= 4 is 23.4 Å². The topological polar surface area (TPSA) is 117 Å². The molecule has 8 heteroatoms. The van der Waals surface area contributed by atoms with Crippen LogP contribution < -0.4 is 4.74 Å². The summed E-state index contributed by atoms with van der Waals surface area (Å²) in [5.74, 6) is -2.00. The highest BCUT2D eigenvalue weighted by Crippen LogP contribution is 2.40. The Morgan fingerprint density at radius 2 is 1.67 bits per heavy atom. The third kappa shape index (κ3) is 5.17. The number of hydrogen-bond acceptors (Lipinski definition) is 6. The first-order chi connectivity index (χ1) is 17.4. The third-order valence-corrected chi connectivity index (χ3v) is 6.05. The highest BCUT2D eigenvalue weighted by atomic mass is 16.5. The molecule has 8 nitrogen and oxygen atoms in total. The fraction of sp³-hybridized carbons (Fsp3) is 0.250. The molecule has 0 saturated carbocycles. The van der Waals surface area contributed by atoms with Crippen molar-refractivity contribution in [3.05, 3.63) is 95.0 Å². The van der Waals surface area contributed by atoms with Crippen molar-refractivity contribution in [1.82, 2.24) is 4.90 Å². The molecular weight excluding hydrogens is 462 g/mol. The number of carbonyl (C=O) groups is 3. The number of aromatic carboxylic acids is 1. The molecule has 2 N–H and O–H groups in total. The summed E-state index contributed by atoms with van der Waals surface area (Å²) in [7, 11) is 0. The monoisotopic (exact) mass is 489 g/mol. The minimum Gasteiger partial charge on any atom is -0.507 e. The second kappa shape index (κ2) is 10.9. The van der Waals surface area contributed by atoms with E-state index in [1.807, 2.05) is 0 Å². The summed E-state index contributed by atoms with van der Waals surface area (Å²) >= 11 is 0. The van der Waals surface area contributed by atoms with Crippen LogP contribution in [0.4, 0.5) is 0 Å². The van der Waals surface area contributed by atoms with Crippen molar-refractivity contribution in [3.8, 4) is 5.75 Å².